The summed E-state index contributed by atoms with van der Waals surface area (Å²) < 4.78 is 9.16. The van der Waals surface area contributed by atoms with E-state index in [1.807, 2.05) is 0 Å². The number of carbonyl (C=O) groups is 1. The number of nitrogens with zero attached hydrogens (tertiary/aromatic N) is 3. The van der Waals surface area contributed by atoms with Crippen LogP contribution in [0, 0.1) is 0 Å². The van der Waals surface area contributed by atoms with E-state index in [0.29, 0.717) is 21.9 Å². The maximum atomic E-state index is 11.0. The van der Waals surface area contributed by atoms with Gasteiger partial charge in [0.2, 0.25) is 5.89 Å². The summed E-state index contributed by atoms with van der Waals surface area (Å²) >= 11 is 1.14. The van der Waals surface area contributed by atoms with Gasteiger partial charge in [0, 0.05) is 0 Å². The highest BCUT2D eigenvalue weighted by atomic mass is 32.1. The van der Waals surface area contributed by atoms with Crippen LogP contribution < -0.4 is 0 Å². The molecule has 0 spiro atoms. The van der Waals surface area contributed by atoms with Gasteiger partial charge in [-0.25, -0.2) is 9.78 Å². The van der Waals surface area contributed by atoms with Gasteiger partial charge in [-0.2, -0.15) is 0 Å². The third-order valence-electron chi connectivity index (χ3n) is 2.22. The summed E-state index contributed by atoms with van der Waals surface area (Å²) in [6, 6.07) is 4.78. The van der Waals surface area contributed by atoms with Crippen molar-refractivity contribution < 1.29 is 14.3 Å². The zero-order valence-corrected chi connectivity index (χ0v) is 9.14. The minimum absolute atomic E-state index is 0.120. The van der Waals surface area contributed by atoms with Gasteiger partial charge in [-0.1, -0.05) is 10.6 Å². The van der Waals surface area contributed by atoms with Crippen molar-refractivity contribution in [3.8, 4) is 10.8 Å². The summed E-state index contributed by atoms with van der Waals surface area (Å²) in [6.07, 6.45) is 1.52. The number of hydrogen-bond donors (Lipinski definition) is 1. The molecule has 0 radical (unpaired) electrons. The number of rotatable bonds is 2. The summed E-state index contributed by atoms with van der Waals surface area (Å²) in [7, 11) is 0. The van der Waals surface area contributed by atoms with Gasteiger partial charge >= 0.3 is 5.97 Å². The zero-order valence-electron chi connectivity index (χ0n) is 8.32. The van der Waals surface area contributed by atoms with E-state index in [0.717, 1.165) is 11.5 Å². The van der Waals surface area contributed by atoms with Gasteiger partial charge in [-0.15, -0.1) is 5.10 Å². The highest BCUT2D eigenvalue weighted by molar-refractivity contribution is 7.09. The van der Waals surface area contributed by atoms with Gasteiger partial charge in [-0.05, 0) is 23.7 Å². The molecule has 1 N–H and O–H groups in total. The summed E-state index contributed by atoms with van der Waals surface area (Å²) in [5.74, 6) is -0.693. The smallest absolute Gasteiger partial charge is 0.338 e. The lowest BCUT2D eigenvalue weighted by Crippen LogP contribution is -1.96. The monoisotopic (exact) mass is 247 g/mol. The highest BCUT2D eigenvalue weighted by Crippen LogP contribution is 2.27. The molecule has 0 aliphatic heterocycles. The standard InChI is InChI=1S/C10H5N3O3S/c14-10(15)5-2-1-3-6-8(5)12-9(16-6)7-4-11-13-17-7/h1-4H,(H,14,15). The van der Waals surface area contributed by atoms with Crippen LogP contribution in [0.3, 0.4) is 0 Å². The molecule has 0 bridgehead atoms. The fraction of sp³-hybridized carbons (Fsp3) is 0. The molecule has 6 nitrogen and oxygen atoms in total. The van der Waals surface area contributed by atoms with Crippen molar-refractivity contribution in [2.75, 3.05) is 0 Å². The van der Waals surface area contributed by atoms with E-state index in [2.05, 4.69) is 14.6 Å². The van der Waals surface area contributed by atoms with Crippen molar-refractivity contribution in [3.05, 3.63) is 30.0 Å². The lowest BCUT2D eigenvalue weighted by Gasteiger charge is -1.92. The van der Waals surface area contributed by atoms with Crippen LogP contribution in [0.2, 0.25) is 0 Å². The number of aromatic carboxylic acids is 1. The Kier molecular flexibility index (Phi) is 2.12. The second-order valence-electron chi connectivity index (χ2n) is 3.26. The second kappa shape index (κ2) is 3.63. The number of oxazole rings is 1. The van der Waals surface area contributed by atoms with Crippen LogP contribution >= 0.6 is 11.5 Å². The number of benzene rings is 1. The molecule has 2 heterocycles. The molecule has 17 heavy (non-hydrogen) atoms. The van der Waals surface area contributed by atoms with E-state index in [-0.39, 0.29) is 5.56 Å². The van der Waals surface area contributed by atoms with Crippen LogP contribution in [-0.4, -0.2) is 25.6 Å². The lowest BCUT2D eigenvalue weighted by molar-refractivity contribution is 0.0699. The quantitative estimate of drug-likeness (QED) is 0.745. The number of aromatic nitrogens is 3. The van der Waals surface area contributed by atoms with Crippen LogP contribution in [0.25, 0.3) is 21.9 Å². The highest BCUT2D eigenvalue weighted by Gasteiger charge is 2.16. The maximum Gasteiger partial charge on any atom is 0.338 e. The fourth-order valence-corrected chi connectivity index (χ4v) is 1.93. The molecule has 0 fully saturated rings. The molecule has 3 aromatic rings. The van der Waals surface area contributed by atoms with Crippen molar-refractivity contribution >= 4 is 28.6 Å². The molecule has 0 atom stereocenters. The molecule has 0 aliphatic rings. The Bertz CT molecular complexity index is 690. The lowest BCUT2D eigenvalue weighted by atomic mass is 10.2. The third-order valence-corrected chi connectivity index (χ3v) is 2.87. The van der Waals surface area contributed by atoms with Crippen LogP contribution in [0.4, 0.5) is 0 Å². The first kappa shape index (κ1) is 9.91. The molecular weight excluding hydrogens is 242 g/mol. The van der Waals surface area contributed by atoms with Crippen LogP contribution in [0.15, 0.2) is 28.8 Å². The first-order valence-corrected chi connectivity index (χ1v) is 5.43. The van der Waals surface area contributed by atoms with E-state index < -0.39 is 5.97 Å². The van der Waals surface area contributed by atoms with Crippen LogP contribution in [0.5, 0.6) is 0 Å². The molecule has 0 aliphatic carbocycles. The average molecular weight is 247 g/mol. The normalized spacial score (nSPS) is 10.8. The molecular formula is C10H5N3O3S. The van der Waals surface area contributed by atoms with Crippen molar-refractivity contribution in [1.82, 2.24) is 14.6 Å². The first-order valence-electron chi connectivity index (χ1n) is 4.66. The fourth-order valence-electron chi connectivity index (χ4n) is 1.49. The number of carboxylic acids is 1. The Morgan fingerprint density at radius 3 is 3.00 bits per heavy atom. The van der Waals surface area contributed by atoms with Gasteiger partial charge in [0.1, 0.15) is 10.4 Å². The van der Waals surface area contributed by atoms with Gasteiger partial charge in [0.05, 0.1) is 11.8 Å². The molecule has 0 saturated heterocycles. The average Bonchev–Trinajstić information content (AvgIpc) is 2.96. The SMILES string of the molecule is O=C(O)c1cccc2oc(-c3cnns3)nc12. The third kappa shape index (κ3) is 1.56. The van der Waals surface area contributed by atoms with Gasteiger partial charge < -0.3 is 9.52 Å². The number of carboxylic acid groups (broad SMARTS) is 1. The summed E-state index contributed by atoms with van der Waals surface area (Å²) in [5, 5.41) is 12.7. The van der Waals surface area contributed by atoms with Crippen molar-refractivity contribution in [2.24, 2.45) is 0 Å². The van der Waals surface area contributed by atoms with Gasteiger partial charge in [0.25, 0.3) is 0 Å². The van der Waals surface area contributed by atoms with E-state index in [1.54, 1.807) is 12.1 Å². The van der Waals surface area contributed by atoms with Crippen LogP contribution in [-0.2, 0) is 0 Å². The predicted octanol–water partition coefficient (Wildman–Crippen LogP) is 2.04. The van der Waals surface area contributed by atoms with Crippen molar-refractivity contribution in [1.29, 1.82) is 0 Å². The zero-order chi connectivity index (χ0) is 11.8. The predicted molar refractivity (Wildman–Crippen MR) is 59.9 cm³/mol. The molecule has 1 aromatic carbocycles. The van der Waals surface area contributed by atoms with Crippen molar-refractivity contribution in [3.63, 3.8) is 0 Å². The van der Waals surface area contributed by atoms with E-state index in [4.69, 9.17) is 9.52 Å². The first-order chi connectivity index (χ1) is 8.25. The number of para-hydroxylation sites is 1. The van der Waals surface area contributed by atoms with E-state index in [1.165, 1.54) is 12.3 Å². The molecule has 0 saturated carbocycles. The molecule has 2 aromatic heterocycles. The van der Waals surface area contributed by atoms with Crippen molar-refractivity contribution in [2.45, 2.75) is 0 Å². The Morgan fingerprint density at radius 1 is 1.41 bits per heavy atom. The summed E-state index contributed by atoms with van der Waals surface area (Å²) in [6.45, 7) is 0. The Morgan fingerprint density at radius 2 is 2.29 bits per heavy atom. The molecule has 7 heteroatoms. The molecule has 3 rings (SSSR count). The Hall–Kier alpha value is -2.28. The minimum atomic E-state index is -1.03. The van der Waals surface area contributed by atoms with E-state index >= 15 is 0 Å². The maximum absolute atomic E-state index is 11.0. The van der Waals surface area contributed by atoms with E-state index in [9.17, 15) is 4.79 Å². The molecule has 0 amide bonds. The summed E-state index contributed by atoms with van der Waals surface area (Å²) in [4.78, 5) is 15.8. The summed E-state index contributed by atoms with van der Waals surface area (Å²) in [5.41, 5.74) is 0.895. The number of fused-ring (bicyclic) bond motifs is 1. The second-order valence-corrected chi connectivity index (χ2v) is 4.04. The number of hydrogen-bond acceptors (Lipinski definition) is 6. The van der Waals surface area contributed by atoms with Crippen LogP contribution in [0.1, 0.15) is 10.4 Å². The largest absolute Gasteiger partial charge is 0.478 e. The minimum Gasteiger partial charge on any atom is -0.478 e. The van der Waals surface area contributed by atoms with Gasteiger partial charge in [-0.3, -0.25) is 0 Å². The molecule has 84 valence electrons. The topological polar surface area (TPSA) is 89.1 Å². The Balaban J connectivity index is 2.26. The molecule has 0 unspecified atom stereocenters. The Labute approximate surface area is 98.7 Å². The van der Waals surface area contributed by atoms with Gasteiger partial charge in [0.15, 0.2) is 5.58 Å².